The van der Waals surface area contributed by atoms with Crippen molar-refractivity contribution in [2.24, 2.45) is 5.92 Å². The summed E-state index contributed by atoms with van der Waals surface area (Å²) in [4.78, 5) is 32.2. The summed E-state index contributed by atoms with van der Waals surface area (Å²) in [5.74, 6) is 0.897. The van der Waals surface area contributed by atoms with Gasteiger partial charge in [0.05, 0.1) is 10.6 Å². The van der Waals surface area contributed by atoms with Crippen LogP contribution < -0.4 is 16.0 Å². The summed E-state index contributed by atoms with van der Waals surface area (Å²) in [5.41, 5.74) is 1.99. The highest BCUT2D eigenvalue weighted by Crippen LogP contribution is 2.27. The van der Waals surface area contributed by atoms with Crippen LogP contribution in [0.1, 0.15) is 36.9 Å². The first-order chi connectivity index (χ1) is 15.2. The van der Waals surface area contributed by atoms with Gasteiger partial charge in [-0.3, -0.25) is 14.9 Å². The van der Waals surface area contributed by atoms with E-state index in [2.05, 4.69) is 56.3 Å². The van der Waals surface area contributed by atoms with Crippen LogP contribution in [-0.4, -0.2) is 40.2 Å². The molecule has 2 fully saturated rings. The molecule has 8 heteroatoms. The fourth-order valence-electron chi connectivity index (χ4n) is 3.96. The fourth-order valence-corrected chi connectivity index (χ4v) is 4.62. The van der Waals surface area contributed by atoms with Crippen LogP contribution in [0.3, 0.4) is 0 Å². The van der Waals surface area contributed by atoms with Crippen molar-refractivity contribution in [3.05, 3.63) is 58.8 Å². The summed E-state index contributed by atoms with van der Waals surface area (Å²) in [6.45, 7) is 2.08. The van der Waals surface area contributed by atoms with Crippen LogP contribution in [0.4, 0.5) is 10.7 Å². The van der Waals surface area contributed by atoms with Crippen molar-refractivity contribution >= 4 is 34.9 Å². The zero-order chi connectivity index (χ0) is 21.5. The topological polar surface area (TPSA) is 96.0 Å². The lowest BCUT2D eigenvalue weighted by molar-refractivity contribution is -0.115. The van der Waals surface area contributed by atoms with Gasteiger partial charge in [-0.25, -0.2) is 9.97 Å². The normalized spacial score (nSPS) is 22.5. The van der Waals surface area contributed by atoms with Crippen molar-refractivity contribution in [3.8, 4) is 0 Å². The van der Waals surface area contributed by atoms with E-state index in [4.69, 9.17) is 0 Å². The Hall–Kier alpha value is -2.71. The molecule has 1 aliphatic heterocycles. The highest BCUT2D eigenvalue weighted by molar-refractivity contribution is 8.18. The molecule has 31 heavy (non-hydrogen) atoms. The molecular formula is C23H27N5O2S. The molecular weight excluding hydrogens is 410 g/mol. The Morgan fingerprint density at radius 1 is 1.10 bits per heavy atom. The Labute approximate surface area is 186 Å². The van der Waals surface area contributed by atoms with Crippen LogP contribution in [0.25, 0.3) is 6.08 Å². The molecule has 0 atom stereocenters. The van der Waals surface area contributed by atoms with Crippen molar-refractivity contribution in [1.29, 1.82) is 0 Å². The molecule has 1 aromatic heterocycles. The van der Waals surface area contributed by atoms with Crippen molar-refractivity contribution in [2.45, 2.75) is 38.1 Å². The fraction of sp³-hybridized carbons (Fsp3) is 0.391. The second kappa shape index (κ2) is 10.5. The van der Waals surface area contributed by atoms with E-state index in [0.717, 1.165) is 44.1 Å². The van der Waals surface area contributed by atoms with Crippen molar-refractivity contribution in [1.82, 2.24) is 20.6 Å². The number of carbonyl (C=O) groups is 2. The quantitative estimate of drug-likeness (QED) is 0.429. The molecule has 4 rings (SSSR count). The molecule has 1 aromatic carbocycles. The molecule has 0 radical (unpaired) electrons. The molecule has 3 N–H and O–H groups in total. The van der Waals surface area contributed by atoms with Gasteiger partial charge in [-0.1, -0.05) is 30.3 Å². The van der Waals surface area contributed by atoms with Crippen LogP contribution in [0.5, 0.6) is 0 Å². The summed E-state index contributed by atoms with van der Waals surface area (Å²) in [6.07, 6.45) is 8.89. The Bertz CT molecular complexity index is 942. The second-order valence-electron chi connectivity index (χ2n) is 7.96. The Kier molecular flexibility index (Phi) is 7.32. The lowest BCUT2D eigenvalue weighted by atomic mass is 9.86. The minimum absolute atomic E-state index is 0.352. The zero-order valence-electron chi connectivity index (χ0n) is 17.3. The summed E-state index contributed by atoms with van der Waals surface area (Å²) >= 11 is 0.892. The minimum atomic E-state index is -0.376. The van der Waals surface area contributed by atoms with E-state index in [1.165, 1.54) is 18.4 Å². The van der Waals surface area contributed by atoms with Gasteiger partial charge >= 0.3 is 0 Å². The van der Waals surface area contributed by atoms with Crippen LogP contribution >= 0.6 is 11.8 Å². The second-order valence-corrected chi connectivity index (χ2v) is 8.97. The zero-order valence-corrected chi connectivity index (χ0v) is 18.2. The molecule has 1 saturated carbocycles. The summed E-state index contributed by atoms with van der Waals surface area (Å²) in [5, 5.41) is 8.93. The van der Waals surface area contributed by atoms with Gasteiger partial charge in [0.1, 0.15) is 0 Å². The molecule has 2 amide bonds. The number of aromatic nitrogens is 2. The van der Waals surface area contributed by atoms with Gasteiger partial charge in [0.25, 0.3) is 11.1 Å². The van der Waals surface area contributed by atoms with E-state index >= 15 is 0 Å². The number of amides is 2. The maximum Gasteiger partial charge on any atom is 0.290 e. The van der Waals surface area contributed by atoms with Crippen molar-refractivity contribution < 1.29 is 9.59 Å². The number of benzene rings is 1. The summed E-state index contributed by atoms with van der Waals surface area (Å²) in [6, 6.07) is 12.7. The van der Waals surface area contributed by atoms with Crippen molar-refractivity contribution in [3.63, 3.8) is 0 Å². The molecule has 2 aromatic rings. The van der Waals surface area contributed by atoms with E-state index in [-0.39, 0.29) is 11.1 Å². The Morgan fingerprint density at radius 2 is 1.90 bits per heavy atom. The van der Waals surface area contributed by atoms with E-state index in [9.17, 15) is 9.59 Å². The maximum absolute atomic E-state index is 11.7. The number of hydrogen-bond acceptors (Lipinski definition) is 7. The summed E-state index contributed by atoms with van der Waals surface area (Å²) < 4.78 is 0. The van der Waals surface area contributed by atoms with Gasteiger partial charge in [-0.2, -0.15) is 0 Å². The van der Waals surface area contributed by atoms with Gasteiger partial charge in [-0.15, -0.1) is 0 Å². The molecule has 0 unspecified atom stereocenters. The Balaban J connectivity index is 1.20. The largest absolute Gasteiger partial charge is 0.351 e. The predicted molar refractivity (Wildman–Crippen MR) is 124 cm³/mol. The molecule has 7 nitrogen and oxygen atoms in total. The van der Waals surface area contributed by atoms with Gasteiger partial charge < -0.3 is 10.6 Å². The third-order valence-corrected chi connectivity index (χ3v) is 6.46. The number of thioether (sulfide) groups is 1. The smallest absolute Gasteiger partial charge is 0.290 e. The van der Waals surface area contributed by atoms with Gasteiger partial charge in [0.2, 0.25) is 5.95 Å². The molecule has 0 bridgehead atoms. The van der Waals surface area contributed by atoms with Crippen LogP contribution in [0, 0.1) is 5.92 Å². The SMILES string of the molecule is O=C1NC(=O)/C(=C/c2ccnc(N[C@H]3CC[C@H](CNCCc4ccccc4)CC3)n2)S1. The highest BCUT2D eigenvalue weighted by atomic mass is 32.2. The number of rotatable bonds is 8. The first kappa shape index (κ1) is 21.5. The van der Waals surface area contributed by atoms with E-state index in [1.807, 2.05) is 0 Å². The number of anilines is 1. The third-order valence-electron chi connectivity index (χ3n) is 5.64. The van der Waals surface area contributed by atoms with E-state index in [0.29, 0.717) is 28.5 Å². The molecule has 162 valence electrons. The molecule has 2 aliphatic rings. The standard InChI is InChI=1S/C23H27N5O2S/c29-21-20(31-23(30)28-21)14-19-11-13-25-22(27-19)26-18-8-6-17(7-9-18)15-24-12-10-16-4-2-1-3-5-16/h1-5,11,13-14,17-18,24H,6-10,12,15H2,(H,25,26,27)(H,28,29,30)/b20-14-/t17-,18-. The molecule has 1 saturated heterocycles. The predicted octanol–water partition coefficient (Wildman–Crippen LogP) is 3.60. The first-order valence-electron chi connectivity index (χ1n) is 10.7. The number of carbonyl (C=O) groups excluding carboxylic acids is 2. The first-order valence-corrected chi connectivity index (χ1v) is 11.6. The van der Waals surface area contributed by atoms with Gasteiger partial charge in [0, 0.05) is 12.2 Å². The maximum atomic E-state index is 11.7. The highest BCUT2D eigenvalue weighted by Gasteiger charge is 2.25. The Morgan fingerprint density at radius 3 is 2.65 bits per heavy atom. The van der Waals surface area contributed by atoms with E-state index in [1.54, 1.807) is 18.3 Å². The molecule has 1 aliphatic carbocycles. The average molecular weight is 438 g/mol. The minimum Gasteiger partial charge on any atom is -0.351 e. The summed E-state index contributed by atoms with van der Waals surface area (Å²) in [7, 11) is 0. The lowest BCUT2D eigenvalue weighted by Gasteiger charge is -2.29. The molecule has 0 spiro atoms. The van der Waals surface area contributed by atoms with Crippen molar-refractivity contribution in [2.75, 3.05) is 18.4 Å². The van der Waals surface area contributed by atoms with Crippen LogP contribution in [0.15, 0.2) is 47.5 Å². The molecule has 2 heterocycles. The number of nitrogens with zero attached hydrogens (tertiary/aromatic N) is 2. The number of nitrogens with one attached hydrogen (secondary N) is 3. The van der Waals surface area contributed by atoms with Crippen LogP contribution in [0.2, 0.25) is 0 Å². The lowest BCUT2D eigenvalue weighted by Crippen LogP contribution is -2.32. The van der Waals surface area contributed by atoms with Gasteiger partial charge in [0.15, 0.2) is 0 Å². The third kappa shape index (κ3) is 6.38. The number of imide groups is 1. The van der Waals surface area contributed by atoms with Gasteiger partial charge in [-0.05, 0) is 80.6 Å². The number of hydrogen-bond donors (Lipinski definition) is 3. The van der Waals surface area contributed by atoms with E-state index < -0.39 is 0 Å². The van der Waals surface area contributed by atoms with Crippen LogP contribution in [-0.2, 0) is 11.2 Å². The average Bonchev–Trinajstić information content (AvgIpc) is 3.10. The monoisotopic (exact) mass is 437 g/mol.